The molecular weight excluding hydrogens is 218 g/mol. The maximum Gasteiger partial charge on any atom is 0.198 e. The number of hydrogen-bond donors (Lipinski definition) is 2. The molecule has 1 aliphatic rings. The number of aromatic amines is 1. The highest BCUT2D eigenvalue weighted by Crippen LogP contribution is 2.22. The maximum absolute atomic E-state index is 5.17. The highest BCUT2D eigenvalue weighted by molar-refractivity contribution is 7.71. The molecule has 0 radical (unpaired) electrons. The molecular formula is C12H19N3S. The standard InChI is InChI=1S/C12H19N3S/c1-2-3-7-10-9-6-4-5-8-13-11(9)15-12(16)14-10/h2-8H2,1H3,(H2,13,14,15,16). The number of unbranched alkanes of at least 4 members (excludes halogenated alkanes) is 1. The maximum atomic E-state index is 5.17. The van der Waals surface area contributed by atoms with Crippen LogP contribution in [-0.2, 0) is 12.8 Å². The van der Waals surface area contributed by atoms with E-state index in [4.69, 9.17) is 12.2 Å². The van der Waals surface area contributed by atoms with Gasteiger partial charge in [-0.15, -0.1) is 0 Å². The van der Waals surface area contributed by atoms with Gasteiger partial charge in [0.1, 0.15) is 5.82 Å². The number of nitrogens with zero attached hydrogens (tertiary/aromatic N) is 1. The van der Waals surface area contributed by atoms with Crippen molar-refractivity contribution in [3.63, 3.8) is 0 Å². The van der Waals surface area contributed by atoms with Gasteiger partial charge in [0, 0.05) is 17.8 Å². The van der Waals surface area contributed by atoms with Gasteiger partial charge >= 0.3 is 0 Å². The molecule has 1 aromatic heterocycles. The number of aryl methyl sites for hydroxylation is 1. The van der Waals surface area contributed by atoms with Gasteiger partial charge in [0.05, 0.1) is 0 Å². The minimum Gasteiger partial charge on any atom is -0.370 e. The summed E-state index contributed by atoms with van der Waals surface area (Å²) in [6, 6.07) is 0. The Balaban J connectivity index is 2.34. The molecule has 16 heavy (non-hydrogen) atoms. The normalized spacial score (nSPS) is 15.1. The van der Waals surface area contributed by atoms with Gasteiger partial charge in [-0.05, 0) is 44.3 Å². The summed E-state index contributed by atoms with van der Waals surface area (Å²) in [5.74, 6) is 1.02. The van der Waals surface area contributed by atoms with Gasteiger partial charge in [0.25, 0.3) is 0 Å². The molecule has 0 aliphatic carbocycles. The first-order chi connectivity index (χ1) is 7.81. The van der Waals surface area contributed by atoms with Crippen molar-refractivity contribution >= 4 is 18.0 Å². The fraction of sp³-hybridized carbons (Fsp3) is 0.667. The molecule has 0 saturated carbocycles. The van der Waals surface area contributed by atoms with Crippen LogP contribution in [-0.4, -0.2) is 16.5 Å². The fourth-order valence-corrected chi connectivity index (χ4v) is 2.37. The Bertz CT molecular complexity index is 411. The number of H-pyrrole nitrogens is 1. The SMILES string of the molecule is CCCCc1[nH]c(=S)nc2c1CCCCN2. The summed E-state index contributed by atoms with van der Waals surface area (Å²) in [4.78, 5) is 7.65. The van der Waals surface area contributed by atoms with Crippen LogP contribution in [0.1, 0.15) is 43.9 Å². The van der Waals surface area contributed by atoms with E-state index in [0.717, 1.165) is 25.2 Å². The van der Waals surface area contributed by atoms with Crippen LogP contribution in [0.25, 0.3) is 0 Å². The zero-order chi connectivity index (χ0) is 11.4. The average molecular weight is 237 g/mol. The van der Waals surface area contributed by atoms with E-state index >= 15 is 0 Å². The van der Waals surface area contributed by atoms with Crippen LogP contribution >= 0.6 is 12.2 Å². The molecule has 88 valence electrons. The third-order valence-corrected chi connectivity index (χ3v) is 3.24. The third-order valence-electron chi connectivity index (χ3n) is 3.05. The highest BCUT2D eigenvalue weighted by Gasteiger charge is 2.13. The lowest BCUT2D eigenvalue weighted by atomic mass is 10.0. The number of hydrogen-bond acceptors (Lipinski definition) is 3. The van der Waals surface area contributed by atoms with E-state index < -0.39 is 0 Å². The Kier molecular flexibility index (Phi) is 3.93. The van der Waals surface area contributed by atoms with Crippen molar-refractivity contribution < 1.29 is 0 Å². The second kappa shape index (κ2) is 5.43. The van der Waals surface area contributed by atoms with Crippen LogP contribution < -0.4 is 5.32 Å². The molecule has 0 unspecified atom stereocenters. The molecule has 0 fully saturated rings. The summed E-state index contributed by atoms with van der Waals surface area (Å²) in [5.41, 5.74) is 2.66. The minimum atomic E-state index is 0.610. The molecule has 0 bridgehead atoms. The van der Waals surface area contributed by atoms with Gasteiger partial charge < -0.3 is 10.3 Å². The Morgan fingerprint density at radius 3 is 3.06 bits per heavy atom. The van der Waals surface area contributed by atoms with Gasteiger partial charge in [-0.25, -0.2) is 4.98 Å². The van der Waals surface area contributed by atoms with Crippen molar-refractivity contribution in [1.82, 2.24) is 9.97 Å². The second-order valence-electron chi connectivity index (χ2n) is 4.34. The molecule has 0 amide bonds. The van der Waals surface area contributed by atoms with Crippen LogP contribution in [0.2, 0.25) is 0 Å². The van der Waals surface area contributed by atoms with E-state index in [0.29, 0.717) is 4.77 Å². The number of rotatable bonds is 3. The van der Waals surface area contributed by atoms with Crippen molar-refractivity contribution in [3.05, 3.63) is 16.0 Å². The second-order valence-corrected chi connectivity index (χ2v) is 4.72. The molecule has 1 aliphatic heterocycles. The predicted molar refractivity (Wildman–Crippen MR) is 69.5 cm³/mol. The molecule has 0 saturated heterocycles. The molecule has 0 aromatic carbocycles. The van der Waals surface area contributed by atoms with Crippen molar-refractivity contribution in [2.24, 2.45) is 0 Å². The average Bonchev–Trinajstić information content (AvgIpc) is 2.50. The monoisotopic (exact) mass is 237 g/mol. The van der Waals surface area contributed by atoms with Crippen molar-refractivity contribution in [2.75, 3.05) is 11.9 Å². The smallest absolute Gasteiger partial charge is 0.198 e. The topological polar surface area (TPSA) is 40.7 Å². The summed E-state index contributed by atoms with van der Waals surface area (Å²) < 4.78 is 0.610. The van der Waals surface area contributed by atoms with Crippen LogP contribution in [0, 0.1) is 4.77 Å². The minimum absolute atomic E-state index is 0.610. The summed E-state index contributed by atoms with van der Waals surface area (Å²) in [6.07, 6.45) is 7.10. The highest BCUT2D eigenvalue weighted by atomic mass is 32.1. The molecule has 2 N–H and O–H groups in total. The van der Waals surface area contributed by atoms with Crippen molar-refractivity contribution in [2.45, 2.75) is 45.4 Å². The van der Waals surface area contributed by atoms with Crippen LogP contribution in [0.5, 0.6) is 0 Å². The molecule has 2 heterocycles. The van der Waals surface area contributed by atoms with Gasteiger partial charge in [-0.3, -0.25) is 0 Å². The largest absolute Gasteiger partial charge is 0.370 e. The molecule has 0 spiro atoms. The van der Waals surface area contributed by atoms with E-state index in [1.54, 1.807) is 0 Å². The molecule has 3 nitrogen and oxygen atoms in total. The van der Waals surface area contributed by atoms with E-state index in [1.807, 2.05) is 0 Å². The fourth-order valence-electron chi connectivity index (χ4n) is 2.16. The quantitative estimate of drug-likeness (QED) is 0.793. The van der Waals surface area contributed by atoms with Crippen LogP contribution in [0.4, 0.5) is 5.82 Å². The summed E-state index contributed by atoms with van der Waals surface area (Å²) in [7, 11) is 0. The van der Waals surface area contributed by atoms with E-state index in [-0.39, 0.29) is 0 Å². The third kappa shape index (κ3) is 2.61. The van der Waals surface area contributed by atoms with Gasteiger partial charge in [0.15, 0.2) is 4.77 Å². The lowest BCUT2D eigenvalue weighted by Crippen LogP contribution is -2.07. The molecule has 0 atom stereocenters. The lowest BCUT2D eigenvalue weighted by molar-refractivity contribution is 0.741. The van der Waals surface area contributed by atoms with Crippen molar-refractivity contribution in [3.8, 4) is 0 Å². The van der Waals surface area contributed by atoms with E-state index in [1.165, 1.54) is 36.9 Å². The summed E-state index contributed by atoms with van der Waals surface area (Å²) in [6.45, 7) is 3.23. The van der Waals surface area contributed by atoms with Gasteiger partial charge in [-0.1, -0.05) is 13.3 Å². The van der Waals surface area contributed by atoms with Crippen molar-refractivity contribution in [1.29, 1.82) is 0 Å². The van der Waals surface area contributed by atoms with E-state index in [9.17, 15) is 0 Å². The van der Waals surface area contributed by atoms with Crippen LogP contribution in [0.15, 0.2) is 0 Å². The van der Waals surface area contributed by atoms with Crippen LogP contribution in [0.3, 0.4) is 0 Å². The van der Waals surface area contributed by atoms with E-state index in [2.05, 4.69) is 22.2 Å². The van der Waals surface area contributed by atoms with Gasteiger partial charge in [0.2, 0.25) is 0 Å². The first-order valence-electron chi connectivity index (χ1n) is 6.17. The zero-order valence-electron chi connectivity index (χ0n) is 9.81. The predicted octanol–water partition coefficient (Wildman–Crippen LogP) is 3.23. The first kappa shape index (κ1) is 11.6. The number of fused-ring (bicyclic) bond motifs is 1. The number of aromatic nitrogens is 2. The number of nitrogens with one attached hydrogen (secondary N) is 2. The zero-order valence-corrected chi connectivity index (χ0v) is 10.6. The Labute approximate surface area is 102 Å². The lowest BCUT2D eigenvalue weighted by Gasteiger charge is -2.11. The Hall–Kier alpha value is -0.900. The number of anilines is 1. The Morgan fingerprint density at radius 2 is 2.25 bits per heavy atom. The molecule has 2 rings (SSSR count). The summed E-state index contributed by atoms with van der Waals surface area (Å²) >= 11 is 5.17. The summed E-state index contributed by atoms with van der Waals surface area (Å²) in [5, 5.41) is 3.38. The van der Waals surface area contributed by atoms with Gasteiger partial charge in [-0.2, -0.15) is 0 Å². The molecule has 4 heteroatoms. The molecule has 1 aromatic rings. The first-order valence-corrected chi connectivity index (χ1v) is 6.58. The Morgan fingerprint density at radius 1 is 1.38 bits per heavy atom.